The third-order valence-corrected chi connectivity index (χ3v) is 5.17. The number of nitrogens with zero attached hydrogens (tertiary/aromatic N) is 3. The highest BCUT2D eigenvalue weighted by molar-refractivity contribution is 7.99. The molecule has 3 aromatic rings. The van der Waals surface area contributed by atoms with Crippen LogP contribution in [-0.2, 0) is 11.3 Å². The summed E-state index contributed by atoms with van der Waals surface area (Å²) >= 11 is 1.23. The first-order chi connectivity index (χ1) is 13.0. The number of methoxy groups -OCH3 is 1. The second kappa shape index (κ2) is 8.49. The van der Waals surface area contributed by atoms with Crippen LogP contribution in [0.5, 0.6) is 0 Å². The molecule has 0 spiro atoms. The zero-order valence-corrected chi connectivity index (χ0v) is 16.3. The van der Waals surface area contributed by atoms with Crippen molar-refractivity contribution in [2.45, 2.75) is 25.5 Å². The lowest BCUT2D eigenvalue weighted by molar-refractivity contribution is 0.102. The van der Waals surface area contributed by atoms with Gasteiger partial charge in [-0.1, -0.05) is 23.9 Å². The lowest BCUT2D eigenvalue weighted by Gasteiger charge is -2.08. The van der Waals surface area contributed by atoms with Crippen LogP contribution in [0.2, 0.25) is 0 Å². The van der Waals surface area contributed by atoms with Gasteiger partial charge in [-0.3, -0.25) is 9.89 Å². The monoisotopic (exact) mass is 388 g/mol. The van der Waals surface area contributed by atoms with Gasteiger partial charge in [0, 0.05) is 30.6 Å². The molecular formula is C19H21FN4O2S. The molecule has 142 valence electrons. The number of aromatic amines is 1. The predicted molar refractivity (Wildman–Crippen MR) is 103 cm³/mol. The average Bonchev–Trinajstić information content (AvgIpc) is 3.23. The van der Waals surface area contributed by atoms with Crippen LogP contribution in [0.3, 0.4) is 0 Å². The van der Waals surface area contributed by atoms with Crippen molar-refractivity contribution < 1.29 is 13.9 Å². The van der Waals surface area contributed by atoms with Crippen LogP contribution in [0.4, 0.5) is 4.39 Å². The van der Waals surface area contributed by atoms with Crippen LogP contribution < -0.4 is 0 Å². The quantitative estimate of drug-likeness (QED) is 0.471. The van der Waals surface area contributed by atoms with Gasteiger partial charge in [-0.05, 0) is 32.0 Å². The Kier molecular flexibility index (Phi) is 6.08. The Morgan fingerprint density at radius 3 is 2.85 bits per heavy atom. The number of H-pyrrole nitrogens is 1. The number of nitrogens with one attached hydrogen (secondary N) is 1. The standard InChI is InChI=1S/C19H21FN4O2S/c1-12-10-15(13(2)24(12)8-9-26-3)17(25)11-27-19-21-18(22-23-19)14-6-4-5-7-16(14)20/h4-7,10H,8-9,11H2,1-3H3,(H,21,22,23). The molecule has 27 heavy (non-hydrogen) atoms. The molecule has 0 unspecified atom stereocenters. The van der Waals surface area contributed by atoms with Crippen molar-refractivity contribution in [1.82, 2.24) is 19.7 Å². The van der Waals surface area contributed by atoms with Gasteiger partial charge in [-0.2, -0.15) is 0 Å². The maximum Gasteiger partial charge on any atom is 0.209 e. The number of carbonyl (C=O) groups is 1. The number of hydrogen-bond donors (Lipinski definition) is 1. The molecule has 0 amide bonds. The van der Waals surface area contributed by atoms with Crippen LogP contribution in [-0.4, -0.2) is 45.0 Å². The SMILES string of the molecule is COCCn1c(C)cc(C(=O)CSc2n[nH]c(-c3ccccc3F)n2)c1C. The van der Waals surface area contributed by atoms with Crippen LogP contribution in [0.1, 0.15) is 21.7 Å². The van der Waals surface area contributed by atoms with Gasteiger partial charge in [0.25, 0.3) is 0 Å². The van der Waals surface area contributed by atoms with Crippen LogP contribution >= 0.6 is 11.8 Å². The van der Waals surface area contributed by atoms with Gasteiger partial charge in [0.2, 0.25) is 5.16 Å². The van der Waals surface area contributed by atoms with Crippen molar-refractivity contribution >= 4 is 17.5 Å². The van der Waals surface area contributed by atoms with E-state index in [1.165, 1.54) is 17.8 Å². The van der Waals surface area contributed by atoms with E-state index in [-0.39, 0.29) is 17.4 Å². The first kappa shape index (κ1) is 19.3. The van der Waals surface area contributed by atoms with Crippen molar-refractivity contribution in [3.63, 3.8) is 0 Å². The van der Waals surface area contributed by atoms with Crippen LogP contribution in [0.15, 0.2) is 35.5 Å². The number of rotatable bonds is 8. The number of carbonyl (C=O) groups excluding carboxylic acids is 1. The lowest BCUT2D eigenvalue weighted by Crippen LogP contribution is -2.09. The van der Waals surface area contributed by atoms with E-state index in [9.17, 15) is 9.18 Å². The Labute approximate surface area is 161 Å². The summed E-state index contributed by atoms with van der Waals surface area (Å²) in [6.45, 7) is 5.21. The van der Waals surface area contributed by atoms with Crippen molar-refractivity contribution in [3.8, 4) is 11.4 Å². The largest absolute Gasteiger partial charge is 0.383 e. The van der Waals surface area contributed by atoms with Crippen LogP contribution in [0.25, 0.3) is 11.4 Å². The summed E-state index contributed by atoms with van der Waals surface area (Å²) in [6.07, 6.45) is 0. The Bertz CT molecular complexity index is 951. The summed E-state index contributed by atoms with van der Waals surface area (Å²) in [7, 11) is 1.66. The molecule has 0 aliphatic heterocycles. The van der Waals surface area contributed by atoms with Gasteiger partial charge >= 0.3 is 0 Å². The third kappa shape index (κ3) is 4.28. The number of thioether (sulfide) groups is 1. The number of ether oxygens (including phenoxy) is 1. The van der Waals surface area contributed by atoms with Gasteiger partial charge in [0.15, 0.2) is 11.6 Å². The van der Waals surface area contributed by atoms with Crippen LogP contribution in [0, 0.1) is 19.7 Å². The van der Waals surface area contributed by atoms with E-state index in [0.717, 1.165) is 11.4 Å². The van der Waals surface area contributed by atoms with E-state index in [2.05, 4.69) is 19.7 Å². The number of aryl methyl sites for hydroxylation is 1. The Hall–Kier alpha value is -2.45. The lowest BCUT2D eigenvalue weighted by atomic mass is 10.2. The topological polar surface area (TPSA) is 72.8 Å². The van der Waals surface area contributed by atoms with Crippen molar-refractivity contribution in [1.29, 1.82) is 0 Å². The predicted octanol–water partition coefficient (Wildman–Crippen LogP) is 3.65. The highest BCUT2D eigenvalue weighted by Crippen LogP contribution is 2.23. The minimum absolute atomic E-state index is 0.00834. The molecule has 2 aromatic heterocycles. The number of ketones is 1. The molecule has 1 N–H and O–H groups in total. The number of halogens is 1. The van der Waals surface area contributed by atoms with Gasteiger partial charge in [-0.25, -0.2) is 9.37 Å². The van der Waals surface area contributed by atoms with E-state index in [4.69, 9.17) is 4.74 Å². The second-order valence-corrected chi connectivity index (χ2v) is 7.03. The van der Waals surface area contributed by atoms with Gasteiger partial charge in [0.05, 0.1) is 17.9 Å². The van der Waals surface area contributed by atoms with E-state index in [0.29, 0.717) is 35.3 Å². The fraction of sp³-hybridized carbons (Fsp3) is 0.316. The third-order valence-electron chi connectivity index (χ3n) is 4.32. The number of benzene rings is 1. The smallest absolute Gasteiger partial charge is 0.209 e. The number of hydrogen-bond acceptors (Lipinski definition) is 5. The molecule has 0 saturated carbocycles. The van der Waals surface area contributed by atoms with E-state index in [1.807, 2.05) is 19.9 Å². The van der Waals surface area contributed by atoms with Crippen molar-refractivity contribution in [2.75, 3.05) is 19.5 Å². The van der Waals surface area contributed by atoms with E-state index < -0.39 is 0 Å². The Balaban J connectivity index is 1.67. The Morgan fingerprint density at radius 1 is 1.33 bits per heavy atom. The highest BCUT2D eigenvalue weighted by Gasteiger charge is 2.17. The summed E-state index contributed by atoms with van der Waals surface area (Å²) in [6, 6.07) is 8.25. The maximum atomic E-state index is 13.8. The average molecular weight is 388 g/mol. The minimum Gasteiger partial charge on any atom is -0.383 e. The maximum absolute atomic E-state index is 13.8. The first-order valence-corrected chi connectivity index (χ1v) is 9.48. The molecule has 0 aliphatic carbocycles. The normalized spacial score (nSPS) is 11.1. The zero-order chi connectivity index (χ0) is 19.4. The molecule has 0 atom stereocenters. The molecule has 0 aliphatic rings. The zero-order valence-electron chi connectivity index (χ0n) is 15.5. The summed E-state index contributed by atoms with van der Waals surface area (Å²) in [5.74, 6) is 0.197. The van der Waals surface area contributed by atoms with E-state index >= 15 is 0 Å². The van der Waals surface area contributed by atoms with Gasteiger partial charge in [0.1, 0.15) is 5.82 Å². The fourth-order valence-corrected chi connectivity index (χ4v) is 3.58. The molecule has 0 bridgehead atoms. The molecule has 2 heterocycles. The number of Topliss-reactive ketones (excluding diaryl/α,β-unsaturated/α-hetero) is 1. The van der Waals surface area contributed by atoms with Gasteiger partial charge in [-0.15, -0.1) is 5.10 Å². The molecule has 0 radical (unpaired) electrons. The summed E-state index contributed by atoms with van der Waals surface area (Å²) in [4.78, 5) is 16.9. The molecule has 6 nitrogen and oxygen atoms in total. The summed E-state index contributed by atoms with van der Waals surface area (Å²) in [5, 5.41) is 7.21. The highest BCUT2D eigenvalue weighted by atomic mass is 32.2. The first-order valence-electron chi connectivity index (χ1n) is 8.50. The molecule has 8 heteroatoms. The molecule has 0 saturated heterocycles. The molecular weight excluding hydrogens is 367 g/mol. The van der Waals surface area contributed by atoms with Crippen molar-refractivity contribution in [2.24, 2.45) is 0 Å². The molecule has 0 fully saturated rings. The van der Waals surface area contributed by atoms with Crippen molar-refractivity contribution in [3.05, 3.63) is 53.1 Å². The fourth-order valence-electron chi connectivity index (χ4n) is 2.90. The number of aromatic nitrogens is 4. The summed E-state index contributed by atoms with van der Waals surface area (Å²) < 4.78 is 21.0. The Morgan fingerprint density at radius 2 is 2.11 bits per heavy atom. The second-order valence-electron chi connectivity index (χ2n) is 6.09. The minimum atomic E-state index is -0.371. The van der Waals surface area contributed by atoms with Gasteiger partial charge < -0.3 is 9.30 Å². The van der Waals surface area contributed by atoms with E-state index in [1.54, 1.807) is 25.3 Å². The molecule has 1 aromatic carbocycles. The molecule has 3 rings (SSSR count). The summed E-state index contributed by atoms with van der Waals surface area (Å²) in [5.41, 5.74) is 3.00.